The Hall–Kier alpha value is -0.930. The van der Waals surface area contributed by atoms with Gasteiger partial charge in [0.05, 0.1) is 4.90 Å². The molecule has 112 valence electrons. The molecular weight excluding hydrogens is 435 g/mol. The normalized spacial score (nSPS) is 11.5. The molecule has 0 atom stereocenters. The van der Waals surface area contributed by atoms with Crippen LogP contribution in [0.5, 0.6) is 0 Å². The summed E-state index contributed by atoms with van der Waals surface area (Å²) in [6.07, 6.45) is 0. The van der Waals surface area contributed by atoms with Gasteiger partial charge in [0.25, 0.3) is 10.0 Å². The van der Waals surface area contributed by atoms with Gasteiger partial charge >= 0.3 is 0 Å². The van der Waals surface area contributed by atoms with E-state index in [1.807, 2.05) is 4.72 Å². The molecule has 3 nitrogen and oxygen atoms in total. The van der Waals surface area contributed by atoms with Crippen molar-refractivity contribution in [3.05, 3.63) is 56.1 Å². The third-order valence-electron chi connectivity index (χ3n) is 2.75. The lowest BCUT2D eigenvalue weighted by molar-refractivity contribution is 0.581. The number of anilines is 1. The van der Waals surface area contributed by atoms with Gasteiger partial charge in [0.1, 0.15) is 5.69 Å². The minimum Gasteiger partial charge on any atom is -0.274 e. The predicted octanol–water partition coefficient (Wildman–Crippen LogP) is 4.33. The minimum atomic E-state index is -4.14. The predicted molar refractivity (Wildman–Crippen MR) is 86.1 cm³/mol. The zero-order chi connectivity index (χ0) is 15.8. The second-order valence-corrected chi connectivity index (χ2v) is 7.52. The van der Waals surface area contributed by atoms with Gasteiger partial charge in [-0.2, -0.15) is 0 Å². The SMILES string of the molecule is Cc1c(Cl)cccc1S(=O)(=O)Nc1c(F)cc(I)cc1F. The third-order valence-corrected chi connectivity index (χ3v) is 5.28. The van der Waals surface area contributed by atoms with Crippen LogP contribution in [0.2, 0.25) is 5.02 Å². The fourth-order valence-corrected chi connectivity index (χ4v) is 3.83. The second kappa shape index (κ2) is 6.05. The zero-order valence-electron chi connectivity index (χ0n) is 10.6. The molecule has 1 N–H and O–H groups in total. The van der Waals surface area contributed by atoms with Gasteiger partial charge in [-0.1, -0.05) is 17.7 Å². The maximum atomic E-state index is 13.7. The molecule has 0 bridgehead atoms. The van der Waals surface area contributed by atoms with Gasteiger partial charge in [0, 0.05) is 8.59 Å². The van der Waals surface area contributed by atoms with Gasteiger partial charge in [0.15, 0.2) is 11.6 Å². The Morgan fingerprint density at radius 3 is 2.33 bits per heavy atom. The van der Waals surface area contributed by atoms with Gasteiger partial charge in [-0.25, -0.2) is 17.2 Å². The van der Waals surface area contributed by atoms with Crippen LogP contribution in [0.1, 0.15) is 5.56 Å². The standard InChI is InChI=1S/C13H9ClF2INO2S/c1-7-9(14)3-2-4-12(7)21(19,20)18-13-10(15)5-8(17)6-11(13)16/h2-6,18H,1H3. The molecule has 0 saturated heterocycles. The third kappa shape index (κ3) is 3.46. The second-order valence-electron chi connectivity index (χ2n) is 4.21. The van der Waals surface area contributed by atoms with Crippen LogP contribution in [-0.2, 0) is 10.0 Å². The van der Waals surface area contributed by atoms with Crippen molar-refractivity contribution in [1.29, 1.82) is 0 Å². The molecule has 0 aliphatic heterocycles. The van der Waals surface area contributed by atoms with Crippen LogP contribution in [0, 0.1) is 22.1 Å². The number of nitrogens with one attached hydrogen (secondary N) is 1. The highest BCUT2D eigenvalue weighted by molar-refractivity contribution is 14.1. The topological polar surface area (TPSA) is 46.2 Å². The summed E-state index contributed by atoms with van der Waals surface area (Å²) in [5.74, 6) is -1.97. The van der Waals surface area contributed by atoms with Crippen molar-refractivity contribution >= 4 is 49.9 Å². The Balaban J connectivity index is 2.50. The van der Waals surface area contributed by atoms with Crippen molar-refractivity contribution < 1.29 is 17.2 Å². The van der Waals surface area contributed by atoms with E-state index in [9.17, 15) is 17.2 Å². The summed E-state index contributed by atoms with van der Waals surface area (Å²) in [6.45, 7) is 1.51. The lowest BCUT2D eigenvalue weighted by Gasteiger charge is -2.12. The van der Waals surface area contributed by atoms with Gasteiger partial charge in [-0.3, -0.25) is 4.72 Å². The summed E-state index contributed by atoms with van der Waals surface area (Å²) < 4.78 is 54.2. The molecule has 0 aliphatic carbocycles. The molecule has 0 spiro atoms. The molecule has 0 heterocycles. The number of sulfonamides is 1. The largest absolute Gasteiger partial charge is 0.274 e. The van der Waals surface area contributed by atoms with Gasteiger partial charge in [-0.15, -0.1) is 0 Å². The molecule has 21 heavy (non-hydrogen) atoms. The average Bonchev–Trinajstić information content (AvgIpc) is 2.37. The molecule has 0 saturated carbocycles. The maximum absolute atomic E-state index is 13.7. The summed E-state index contributed by atoms with van der Waals surface area (Å²) >= 11 is 7.60. The number of hydrogen-bond donors (Lipinski definition) is 1. The van der Waals surface area contributed by atoms with Crippen molar-refractivity contribution in [2.24, 2.45) is 0 Å². The Bertz CT molecular complexity index is 789. The average molecular weight is 444 g/mol. The van der Waals surface area contributed by atoms with Crippen LogP contribution in [-0.4, -0.2) is 8.42 Å². The molecule has 2 aromatic rings. The van der Waals surface area contributed by atoms with E-state index in [2.05, 4.69) is 0 Å². The molecule has 0 aliphatic rings. The fraction of sp³-hybridized carbons (Fsp3) is 0.0769. The molecule has 0 unspecified atom stereocenters. The van der Waals surface area contributed by atoms with Crippen LogP contribution in [0.15, 0.2) is 35.2 Å². The van der Waals surface area contributed by atoms with Gasteiger partial charge in [0.2, 0.25) is 0 Å². The van der Waals surface area contributed by atoms with E-state index < -0.39 is 27.3 Å². The first-order valence-corrected chi connectivity index (χ1v) is 8.59. The first kappa shape index (κ1) is 16.4. The van der Waals surface area contributed by atoms with Crippen molar-refractivity contribution in [3.8, 4) is 0 Å². The highest BCUT2D eigenvalue weighted by Crippen LogP contribution is 2.28. The van der Waals surface area contributed by atoms with Gasteiger partial charge < -0.3 is 0 Å². The molecule has 2 rings (SSSR count). The van der Waals surface area contributed by atoms with Crippen molar-refractivity contribution in [1.82, 2.24) is 0 Å². The Kier molecular flexibility index (Phi) is 4.74. The van der Waals surface area contributed by atoms with Crippen molar-refractivity contribution in [2.45, 2.75) is 11.8 Å². The van der Waals surface area contributed by atoms with Crippen LogP contribution < -0.4 is 4.72 Å². The van der Waals surface area contributed by atoms with Crippen LogP contribution in [0.25, 0.3) is 0 Å². The number of halogens is 4. The zero-order valence-corrected chi connectivity index (χ0v) is 14.4. The summed E-state index contributed by atoms with van der Waals surface area (Å²) in [5.41, 5.74) is -0.409. The van der Waals surface area contributed by atoms with E-state index in [0.29, 0.717) is 9.13 Å². The number of benzene rings is 2. The first-order chi connectivity index (χ1) is 9.72. The van der Waals surface area contributed by atoms with E-state index in [-0.39, 0.29) is 9.92 Å². The van der Waals surface area contributed by atoms with E-state index >= 15 is 0 Å². The van der Waals surface area contributed by atoms with Crippen LogP contribution in [0.4, 0.5) is 14.5 Å². The van der Waals surface area contributed by atoms with Crippen LogP contribution >= 0.6 is 34.2 Å². The maximum Gasteiger partial charge on any atom is 0.262 e. The molecule has 8 heteroatoms. The summed E-state index contributed by atoms with van der Waals surface area (Å²) in [6, 6.07) is 6.36. The number of rotatable bonds is 3. The molecule has 0 fully saturated rings. The fourth-order valence-electron chi connectivity index (χ4n) is 1.71. The molecule has 0 amide bonds. The van der Waals surface area contributed by atoms with E-state index in [4.69, 9.17) is 11.6 Å². The molecule has 0 radical (unpaired) electrons. The summed E-state index contributed by atoms with van der Waals surface area (Å²) in [7, 11) is -4.14. The molecular formula is C13H9ClF2INO2S. The lowest BCUT2D eigenvalue weighted by atomic mass is 10.2. The molecule has 0 aromatic heterocycles. The highest BCUT2D eigenvalue weighted by atomic mass is 127. The van der Waals surface area contributed by atoms with Crippen molar-refractivity contribution in [3.63, 3.8) is 0 Å². The van der Waals surface area contributed by atoms with E-state index in [1.165, 1.54) is 25.1 Å². The quantitative estimate of drug-likeness (QED) is 0.718. The summed E-state index contributed by atoms with van der Waals surface area (Å²) in [5, 5.41) is 0.251. The van der Waals surface area contributed by atoms with Gasteiger partial charge in [-0.05, 0) is 59.3 Å². The highest BCUT2D eigenvalue weighted by Gasteiger charge is 2.22. The van der Waals surface area contributed by atoms with E-state index in [0.717, 1.165) is 12.1 Å². The Labute approximate surface area is 139 Å². The summed E-state index contributed by atoms with van der Waals surface area (Å²) in [4.78, 5) is -0.132. The van der Waals surface area contributed by atoms with E-state index in [1.54, 1.807) is 22.6 Å². The Morgan fingerprint density at radius 2 is 1.76 bits per heavy atom. The molecule has 2 aromatic carbocycles. The first-order valence-electron chi connectivity index (χ1n) is 5.65. The monoisotopic (exact) mass is 443 g/mol. The number of hydrogen-bond acceptors (Lipinski definition) is 2. The smallest absolute Gasteiger partial charge is 0.262 e. The van der Waals surface area contributed by atoms with Crippen molar-refractivity contribution in [2.75, 3.05) is 4.72 Å². The minimum absolute atomic E-state index is 0.132. The lowest BCUT2D eigenvalue weighted by Crippen LogP contribution is -2.16. The Morgan fingerprint density at radius 1 is 1.19 bits per heavy atom. The van der Waals surface area contributed by atoms with Crippen LogP contribution in [0.3, 0.4) is 0 Å².